The lowest BCUT2D eigenvalue weighted by molar-refractivity contribution is -0.137. The highest BCUT2D eigenvalue weighted by atomic mass is 32.1. The molecule has 1 atom stereocenters. The zero-order chi connectivity index (χ0) is 23.0. The normalized spacial score (nSPS) is 15.0. The molecule has 0 radical (unpaired) electrons. The number of fused-ring (bicyclic) bond motifs is 1. The number of thiazole rings is 1. The molecule has 0 saturated heterocycles. The van der Waals surface area contributed by atoms with E-state index in [2.05, 4.69) is 28.5 Å². The van der Waals surface area contributed by atoms with Crippen molar-refractivity contribution in [3.8, 4) is 10.4 Å². The van der Waals surface area contributed by atoms with E-state index in [1.54, 1.807) is 17.5 Å². The van der Waals surface area contributed by atoms with Crippen LogP contribution in [0, 0.1) is 0 Å². The van der Waals surface area contributed by atoms with Crippen LogP contribution < -0.4 is 11.1 Å². The summed E-state index contributed by atoms with van der Waals surface area (Å²) in [6, 6.07) is 13.3. The Morgan fingerprint density at radius 3 is 2.58 bits per heavy atom. The van der Waals surface area contributed by atoms with Gasteiger partial charge in [-0.2, -0.15) is 13.2 Å². The molecule has 0 aliphatic heterocycles. The first kappa shape index (κ1) is 21.9. The molecule has 4 nitrogen and oxygen atoms in total. The molecule has 8 heteroatoms. The number of rotatable bonds is 7. The maximum atomic E-state index is 12.7. The van der Waals surface area contributed by atoms with Crippen LogP contribution in [0.25, 0.3) is 21.2 Å². The molecule has 0 amide bonds. The van der Waals surface area contributed by atoms with Crippen molar-refractivity contribution >= 4 is 27.2 Å². The second-order valence-corrected chi connectivity index (χ2v) is 9.48. The maximum absolute atomic E-state index is 12.7. The summed E-state index contributed by atoms with van der Waals surface area (Å²) in [5, 5.41) is 6.41. The molecule has 1 saturated carbocycles. The van der Waals surface area contributed by atoms with Crippen LogP contribution >= 0.6 is 11.3 Å². The van der Waals surface area contributed by atoms with Crippen molar-refractivity contribution in [2.75, 3.05) is 11.9 Å². The van der Waals surface area contributed by atoms with E-state index in [0.29, 0.717) is 18.9 Å². The molecule has 0 bridgehead atoms. The van der Waals surface area contributed by atoms with Gasteiger partial charge in [-0.3, -0.25) is 4.98 Å². The monoisotopic (exact) mass is 468 g/mol. The van der Waals surface area contributed by atoms with E-state index in [4.69, 9.17) is 10.7 Å². The first-order valence-corrected chi connectivity index (χ1v) is 11.7. The molecule has 4 aromatic rings. The first-order chi connectivity index (χ1) is 15.9. The summed E-state index contributed by atoms with van der Waals surface area (Å²) in [5.74, 6) is 0.501. The van der Waals surface area contributed by atoms with E-state index < -0.39 is 11.7 Å². The minimum atomic E-state index is -4.33. The van der Waals surface area contributed by atoms with Gasteiger partial charge in [0.25, 0.3) is 0 Å². The lowest BCUT2D eigenvalue weighted by Crippen LogP contribution is -2.31. The zero-order valence-electron chi connectivity index (χ0n) is 17.8. The number of hydrogen-bond donors (Lipinski definition) is 2. The van der Waals surface area contributed by atoms with E-state index in [0.717, 1.165) is 57.7 Å². The Bertz CT molecular complexity index is 1260. The summed E-state index contributed by atoms with van der Waals surface area (Å²) in [6.45, 7) is 0.488. The molecule has 1 aliphatic carbocycles. The van der Waals surface area contributed by atoms with Gasteiger partial charge >= 0.3 is 6.18 Å². The summed E-state index contributed by atoms with van der Waals surface area (Å²) >= 11 is 1.62. The molecule has 2 aromatic carbocycles. The van der Waals surface area contributed by atoms with Crippen molar-refractivity contribution in [1.29, 1.82) is 0 Å². The third-order valence-electron chi connectivity index (χ3n) is 5.81. The molecule has 1 aliphatic rings. The zero-order valence-corrected chi connectivity index (χ0v) is 18.6. The topological polar surface area (TPSA) is 63.8 Å². The molecule has 0 spiro atoms. The number of nitrogens with zero attached hydrogens (tertiary/aromatic N) is 2. The molecule has 3 N–H and O–H groups in total. The number of anilines is 1. The molecule has 33 heavy (non-hydrogen) atoms. The predicted octanol–water partition coefficient (Wildman–Crippen LogP) is 6.24. The third-order valence-corrected chi connectivity index (χ3v) is 6.89. The Morgan fingerprint density at radius 1 is 1.06 bits per heavy atom. The van der Waals surface area contributed by atoms with Crippen LogP contribution in [0.2, 0.25) is 0 Å². The predicted molar refractivity (Wildman–Crippen MR) is 126 cm³/mol. The number of nitrogens with two attached hydrogens (primary N) is 1. The van der Waals surface area contributed by atoms with Gasteiger partial charge in [-0.15, -0.1) is 0 Å². The fraction of sp³-hybridized carbons (Fsp3) is 0.280. The van der Waals surface area contributed by atoms with Crippen LogP contribution in [0.15, 0.2) is 60.9 Å². The largest absolute Gasteiger partial charge is 0.416 e. The second-order valence-electron chi connectivity index (χ2n) is 8.49. The van der Waals surface area contributed by atoms with Crippen LogP contribution in [-0.2, 0) is 12.6 Å². The third kappa shape index (κ3) is 5.02. The van der Waals surface area contributed by atoms with Gasteiger partial charge in [0.2, 0.25) is 0 Å². The summed E-state index contributed by atoms with van der Waals surface area (Å²) in [7, 11) is 0. The minimum absolute atomic E-state index is 0.244. The van der Waals surface area contributed by atoms with Crippen molar-refractivity contribution in [3.05, 3.63) is 77.7 Å². The summed E-state index contributed by atoms with van der Waals surface area (Å²) < 4.78 is 38.2. The highest BCUT2D eigenvalue weighted by Gasteiger charge is 2.31. The average molecular weight is 469 g/mol. The van der Waals surface area contributed by atoms with Crippen LogP contribution in [0.4, 0.5) is 18.3 Å². The van der Waals surface area contributed by atoms with Crippen LogP contribution in [0.5, 0.6) is 0 Å². The molecule has 5 rings (SSSR count). The number of pyridine rings is 1. The number of benzene rings is 2. The first-order valence-electron chi connectivity index (χ1n) is 10.9. The van der Waals surface area contributed by atoms with E-state index in [-0.39, 0.29) is 6.04 Å². The van der Waals surface area contributed by atoms with E-state index in [1.165, 1.54) is 17.0 Å². The van der Waals surface area contributed by atoms with Gasteiger partial charge in [0.15, 0.2) is 5.13 Å². The van der Waals surface area contributed by atoms with Crippen molar-refractivity contribution in [3.63, 3.8) is 0 Å². The Balaban J connectivity index is 1.28. The van der Waals surface area contributed by atoms with E-state index in [1.807, 2.05) is 12.3 Å². The Kier molecular flexibility index (Phi) is 5.80. The van der Waals surface area contributed by atoms with Gasteiger partial charge in [-0.1, -0.05) is 35.6 Å². The van der Waals surface area contributed by atoms with Crippen LogP contribution in [0.1, 0.15) is 35.6 Å². The lowest BCUT2D eigenvalue weighted by Gasteiger charge is -2.13. The van der Waals surface area contributed by atoms with Gasteiger partial charge in [0.1, 0.15) is 0 Å². The lowest BCUT2D eigenvalue weighted by atomic mass is 10.0. The van der Waals surface area contributed by atoms with Gasteiger partial charge in [-0.25, -0.2) is 4.98 Å². The highest BCUT2D eigenvalue weighted by Crippen LogP contribution is 2.47. The second kappa shape index (κ2) is 8.76. The van der Waals surface area contributed by atoms with Crippen molar-refractivity contribution in [2.45, 2.75) is 37.4 Å². The highest BCUT2D eigenvalue weighted by molar-refractivity contribution is 7.19. The number of alkyl halides is 3. The SMILES string of the molecule is N[C@H](CNc1nc(C2CC2)c(-c2ccc3cnccc3c2)s1)Cc1ccc(C(F)(F)F)cc1. The molecule has 1 fully saturated rings. The quantitative estimate of drug-likeness (QED) is 0.337. The Hall–Kier alpha value is -2.97. The summed E-state index contributed by atoms with van der Waals surface area (Å²) in [4.78, 5) is 10.2. The van der Waals surface area contributed by atoms with Crippen molar-refractivity contribution < 1.29 is 13.2 Å². The van der Waals surface area contributed by atoms with Crippen LogP contribution in [0.3, 0.4) is 0 Å². The minimum Gasteiger partial charge on any atom is -0.360 e. The van der Waals surface area contributed by atoms with Crippen molar-refractivity contribution in [2.24, 2.45) is 5.73 Å². The molecule has 2 aromatic heterocycles. The standard InChI is InChI=1S/C25H23F3N4S/c26-25(27,28)20-7-1-15(2-8-20)11-21(29)14-31-24-32-22(16-3-4-16)23(33-24)18-5-6-19-13-30-10-9-17(19)12-18/h1-2,5-10,12-13,16,21H,3-4,11,14,29H2,(H,31,32)/t21-/m0/s1. The van der Waals surface area contributed by atoms with Gasteiger partial charge < -0.3 is 11.1 Å². The number of aromatic nitrogens is 2. The fourth-order valence-corrected chi connectivity index (χ4v) is 4.95. The summed E-state index contributed by atoms with van der Waals surface area (Å²) in [5.41, 5.74) is 8.67. The molecule has 2 heterocycles. The van der Waals surface area contributed by atoms with Crippen LogP contribution in [-0.4, -0.2) is 22.6 Å². The Morgan fingerprint density at radius 2 is 1.85 bits per heavy atom. The molecule has 0 unspecified atom stereocenters. The molecular weight excluding hydrogens is 445 g/mol. The fourth-order valence-electron chi connectivity index (χ4n) is 3.90. The molecular formula is C25H23F3N4S. The number of halogens is 3. The van der Waals surface area contributed by atoms with Gasteiger partial charge in [-0.05, 0) is 60.0 Å². The molecule has 170 valence electrons. The van der Waals surface area contributed by atoms with Gasteiger partial charge in [0, 0.05) is 36.3 Å². The van der Waals surface area contributed by atoms with E-state index in [9.17, 15) is 13.2 Å². The van der Waals surface area contributed by atoms with E-state index >= 15 is 0 Å². The Labute approximate surface area is 193 Å². The maximum Gasteiger partial charge on any atom is 0.416 e. The number of hydrogen-bond acceptors (Lipinski definition) is 5. The van der Waals surface area contributed by atoms with Crippen molar-refractivity contribution in [1.82, 2.24) is 9.97 Å². The number of nitrogens with one attached hydrogen (secondary N) is 1. The average Bonchev–Trinajstić information content (AvgIpc) is 3.56. The van der Waals surface area contributed by atoms with Gasteiger partial charge in [0.05, 0.1) is 16.1 Å². The smallest absolute Gasteiger partial charge is 0.360 e. The summed E-state index contributed by atoms with van der Waals surface area (Å²) in [6.07, 6.45) is 2.12.